The van der Waals surface area contributed by atoms with E-state index in [1.807, 2.05) is 18.7 Å². The molecule has 2 aromatic heterocycles. The summed E-state index contributed by atoms with van der Waals surface area (Å²) in [5, 5.41) is 8.80. The molecule has 1 N–H and O–H groups in total. The van der Waals surface area contributed by atoms with Gasteiger partial charge in [-0.05, 0) is 34.4 Å². The maximum absolute atomic E-state index is 4.61. The van der Waals surface area contributed by atoms with Crippen LogP contribution < -0.4 is 5.32 Å². The monoisotopic (exact) mass is 281 g/mol. The summed E-state index contributed by atoms with van der Waals surface area (Å²) in [6, 6.07) is 0. The van der Waals surface area contributed by atoms with Crippen molar-refractivity contribution < 1.29 is 0 Å². The molecule has 5 nitrogen and oxygen atoms in total. The Morgan fingerprint density at radius 3 is 2.68 bits per heavy atom. The molecule has 0 atom stereocenters. The first kappa shape index (κ1) is 14.3. The van der Waals surface area contributed by atoms with Crippen molar-refractivity contribution in [3.63, 3.8) is 0 Å². The highest BCUT2D eigenvalue weighted by Gasteiger charge is 2.22. The van der Waals surface area contributed by atoms with E-state index in [0.717, 1.165) is 29.6 Å². The van der Waals surface area contributed by atoms with Gasteiger partial charge >= 0.3 is 0 Å². The summed E-state index contributed by atoms with van der Waals surface area (Å²) in [4.78, 5) is 6.94. The van der Waals surface area contributed by atoms with Gasteiger partial charge in [0.25, 0.3) is 0 Å². The molecule has 0 bridgehead atoms. The lowest BCUT2D eigenvalue weighted by molar-refractivity contribution is 0.178. The highest BCUT2D eigenvalue weighted by Crippen LogP contribution is 2.28. The number of hydrogen-bond acceptors (Lipinski definition) is 5. The largest absolute Gasteiger partial charge is 0.360 e. The van der Waals surface area contributed by atoms with Crippen LogP contribution in [0.4, 0.5) is 5.13 Å². The zero-order valence-electron chi connectivity index (χ0n) is 12.6. The van der Waals surface area contributed by atoms with E-state index in [9.17, 15) is 0 Å². The standard InChI is InChI=1S/C13H23N5S/c1-7-17(5)13(3,4)8-14-12-15-11-10(19-12)9(2)16-18(11)6/h7-8H2,1-6H3,(H,14,15). The third-order valence-electron chi connectivity index (χ3n) is 3.72. The van der Waals surface area contributed by atoms with Gasteiger partial charge in [0.2, 0.25) is 0 Å². The number of hydrogen-bond donors (Lipinski definition) is 1. The van der Waals surface area contributed by atoms with Gasteiger partial charge in [0, 0.05) is 19.1 Å². The summed E-state index contributed by atoms with van der Waals surface area (Å²) in [7, 11) is 4.09. The van der Waals surface area contributed by atoms with Crippen LogP contribution in [0.1, 0.15) is 26.5 Å². The van der Waals surface area contributed by atoms with Gasteiger partial charge in [-0.25, -0.2) is 9.67 Å². The molecule has 2 rings (SSSR count). The molecular weight excluding hydrogens is 258 g/mol. The zero-order chi connectivity index (χ0) is 14.2. The topological polar surface area (TPSA) is 46.0 Å². The second-order valence-electron chi connectivity index (χ2n) is 5.56. The first-order valence-electron chi connectivity index (χ1n) is 6.60. The minimum absolute atomic E-state index is 0.111. The van der Waals surface area contributed by atoms with E-state index in [2.05, 4.69) is 48.1 Å². The van der Waals surface area contributed by atoms with E-state index in [1.165, 1.54) is 4.70 Å². The van der Waals surface area contributed by atoms with E-state index in [-0.39, 0.29) is 5.54 Å². The average molecular weight is 281 g/mol. The van der Waals surface area contributed by atoms with Gasteiger partial charge in [0.05, 0.1) is 10.4 Å². The minimum atomic E-state index is 0.111. The Balaban J connectivity index is 2.12. The van der Waals surface area contributed by atoms with Crippen molar-refractivity contribution >= 4 is 26.8 Å². The van der Waals surface area contributed by atoms with E-state index < -0.39 is 0 Å². The molecule has 19 heavy (non-hydrogen) atoms. The lowest BCUT2D eigenvalue weighted by Crippen LogP contribution is -2.46. The molecule has 0 unspecified atom stereocenters. The predicted octanol–water partition coefficient (Wildman–Crippen LogP) is 2.48. The number of aryl methyl sites for hydroxylation is 2. The van der Waals surface area contributed by atoms with Crippen molar-refractivity contribution in [1.29, 1.82) is 0 Å². The highest BCUT2D eigenvalue weighted by atomic mass is 32.1. The normalized spacial score (nSPS) is 12.6. The van der Waals surface area contributed by atoms with Gasteiger partial charge in [-0.3, -0.25) is 4.90 Å². The Morgan fingerprint density at radius 2 is 2.11 bits per heavy atom. The molecule has 0 radical (unpaired) electrons. The van der Waals surface area contributed by atoms with Crippen LogP contribution in [0, 0.1) is 6.92 Å². The molecule has 6 heteroatoms. The minimum Gasteiger partial charge on any atom is -0.360 e. The van der Waals surface area contributed by atoms with Crippen LogP contribution >= 0.6 is 11.3 Å². The lowest BCUT2D eigenvalue weighted by atomic mass is 10.0. The number of aromatic nitrogens is 3. The van der Waals surface area contributed by atoms with E-state index >= 15 is 0 Å². The molecule has 0 saturated carbocycles. The quantitative estimate of drug-likeness (QED) is 0.914. The lowest BCUT2D eigenvalue weighted by Gasteiger charge is -2.34. The summed E-state index contributed by atoms with van der Waals surface area (Å²) in [5.74, 6) is 0. The van der Waals surface area contributed by atoms with E-state index in [1.54, 1.807) is 11.3 Å². The van der Waals surface area contributed by atoms with Crippen LogP contribution in [-0.2, 0) is 7.05 Å². The van der Waals surface area contributed by atoms with Crippen LogP contribution in [-0.4, -0.2) is 45.3 Å². The van der Waals surface area contributed by atoms with Crippen LogP contribution in [0.3, 0.4) is 0 Å². The van der Waals surface area contributed by atoms with Gasteiger partial charge in [-0.15, -0.1) is 0 Å². The summed E-state index contributed by atoms with van der Waals surface area (Å²) in [5.41, 5.74) is 2.12. The molecule has 0 spiro atoms. The second-order valence-corrected chi connectivity index (χ2v) is 6.56. The molecule has 0 amide bonds. The Bertz CT molecular complexity index is 534. The Hall–Kier alpha value is -1.14. The fourth-order valence-corrected chi connectivity index (χ4v) is 2.94. The van der Waals surface area contributed by atoms with Crippen molar-refractivity contribution in [3.05, 3.63) is 5.69 Å². The Kier molecular flexibility index (Phi) is 3.82. The fourth-order valence-electron chi connectivity index (χ4n) is 2.02. The van der Waals surface area contributed by atoms with Crippen molar-refractivity contribution in [2.24, 2.45) is 7.05 Å². The molecule has 0 aromatic carbocycles. The molecule has 106 valence electrons. The van der Waals surface area contributed by atoms with Gasteiger partial charge in [0.15, 0.2) is 10.8 Å². The van der Waals surface area contributed by atoms with Crippen molar-refractivity contribution in [1.82, 2.24) is 19.7 Å². The first-order valence-corrected chi connectivity index (χ1v) is 7.42. The molecule has 2 heterocycles. The van der Waals surface area contributed by atoms with Crippen molar-refractivity contribution in [2.75, 3.05) is 25.5 Å². The van der Waals surface area contributed by atoms with Gasteiger partial charge in [-0.1, -0.05) is 18.3 Å². The van der Waals surface area contributed by atoms with E-state index in [0.29, 0.717) is 0 Å². The maximum Gasteiger partial charge on any atom is 0.185 e. The number of thiazole rings is 1. The number of anilines is 1. The van der Waals surface area contributed by atoms with Crippen molar-refractivity contribution in [2.45, 2.75) is 33.2 Å². The third kappa shape index (κ3) is 2.74. The molecule has 2 aromatic rings. The predicted molar refractivity (Wildman–Crippen MR) is 82.0 cm³/mol. The number of nitrogens with zero attached hydrogens (tertiary/aromatic N) is 4. The summed E-state index contributed by atoms with van der Waals surface area (Å²) < 4.78 is 3.02. The van der Waals surface area contributed by atoms with Gasteiger partial charge < -0.3 is 5.32 Å². The van der Waals surface area contributed by atoms with Crippen LogP contribution in [0.15, 0.2) is 0 Å². The number of rotatable bonds is 5. The smallest absolute Gasteiger partial charge is 0.185 e. The molecule has 0 aliphatic heterocycles. The molecule has 0 saturated heterocycles. The second kappa shape index (κ2) is 5.09. The Morgan fingerprint density at radius 1 is 1.42 bits per heavy atom. The summed E-state index contributed by atoms with van der Waals surface area (Å²) >= 11 is 1.68. The SMILES string of the molecule is CCN(C)C(C)(C)CNc1nc2c(s1)c(C)nn2C. The average Bonchev–Trinajstić information content (AvgIpc) is 2.88. The fraction of sp³-hybridized carbons (Fsp3) is 0.692. The van der Waals surface area contributed by atoms with Crippen LogP contribution in [0.25, 0.3) is 10.3 Å². The van der Waals surface area contributed by atoms with Crippen molar-refractivity contribution in [3.8, 4) is 0 Å². The van der Waals surface area contributed by atoms with Gasteiger partial charge in [-0.2, -0.15) is 5.10 Å². The van der Waals surface area contributed by atoms with Crippen LogP contribution in [0.5, 0.6) is 0 Å². The highest BCUT2D eigenvalue weighted by molar-refractivity contribution is 7.22. The molecule has 0 aliphatic rings. The third-order valence-corrected chi connectivity index (χ3v) is 4.84. The number of nitrogens with one attached hydrogen (secondary N) is 1. The molecule has 0 fully saturated rings. The summed E-state index contributed by atoms with van der Waals surface area (Å²) in [6.07, 6.45) is 0. The Labute approximate surface area is 118 Å². The number of likely N-dealkylation sites (N-methyl/N-ethyl adjacent to an activating group) is 1. The summed E-state index contributed by atoms with van der Waals surface area (Å²) in [6.45, 7) is 10.6. The molecule has 0 aliphatic carbocycles. The maximum atomic E-state index is 4.61. The van der Waals surface area contributed by atoms with E-state index in [4.69, 9.17) is 0 Å². The van der Waals surface area contributed by atoms with Gasteiger partial charge in [0.1, 0.15) is 0 Å². The number of fused-ring (bicyclic) bond motifs is 1. The zero-order valence-corrected chi connectivity index (χ0v) is 13.4. The molecular formula is C13H23N5S. The first-order chi connectivity index (χ1) is 8.85. The van der Waals surface area contributed by atoms with Crippen LogP contribution in [0.2, 0.25) is 0 Å².